The van der Waals surface area contributed by atoms with Crippen LogP contribution in [0.15, 0.2) is 36.5 Å². The Balaban J connectivity index is 1.74. The summed E-state index contributed by atoms with van der Waals surface area (Å²) in [6.45, 7) is 5.18. The number of amides is 1. The molecule has 1 amide bonds. The molecule has 4 rings (SSSR count). The summed E-state index contributed by atoms with van der Waals surface area (Å²) in [6, 6.07) is 11.4. The van der Waals surface area contributed by atoms with Crippen molar-refractivity contribution in [1.29, 1.82) is 5.26 Å². The monoisotopic (exact) mass is 487 g/mol. The summed E-state index contributed by atoms with van der Waals surface area (Å²) < 4.78 is 7.09. The van der Waals surface area contributed by atoms with Crippen molar-refractivity contribution in [3.8, 4) is 11.8 Å². The predicted molar refractivity (Wildman–Crippen MR) is 138 cm³/mol. The Hall–Kier alpha value is -3.54. The fourth-order valence-electron chi connectivity index (χ4n) is 4.83. The molecule has 0 bridgehead atoms. The van der Waals surface area contributed by atoms with Gasteiger partial charge in [-0.3, -0.25) is 19.5 Å². The number of Topliss-reactive ketones (excluding diaryl/α,β-unsaturated/α-hetero) is 1. The van der Waals surface area contributed by atoms with Crippen LogP contribution in [-0.4, -0.2) is 78.0 Å². The average molecular weight is 488 g/mol. The van der Waals surface area contributed by atoms with Crippen LogP contribution in [0.5, 0.6) is 0 Å². The molecule has 8 nitrogen and oxygen atoms in total. The lowest BCUT2D eigenvalue weighted by Crippen LogP contribution is -2.34. The summed E-state index contributed by atoms with van der Waals surface area (Å²) in [4.78, 5) is 34.8. The molecule has 0 spiro atoms. The van der Waals surface area contributed by atoms with Crippen molar-refractivity contribution in [2.75, 3.05) is 46.9 Å². The lowest BCUT2D eigenvalue weighted by atomic mass is 10.1. The van der Waals surface area contributed by atoms with E-state index in [9.17, 15) is 14.9 Å². The van der Waals surface area contributed by atoms with E-state index in [0.29, 0.717) is 36.3 Å². The molecule has 1 aliphatic rings. The minimum atomic E-state index is -0.0252. The number of carbonyl (C=O) groups is 2. The number of likely N-dealkylation sites (N-methyl/N-ethyl adjacent to an activating group) is 1. The number of ether oxygens (including phenoxy) is 1. The molecule has 0 radical (unpaired) electrons. The first kappa shape index (κ1) is 25.5. The number of rotatable bonds is 9. The highest BCUT2D eigenvalue weighted by molar-refractivity contribution is 6.09. The van der Waals surface area contributed by atoms with Gasteiger partial charge >= 0.3 is 0 Å². The number of hydrogen-bond donors (Lipinski definition) is 0. The van der Waals surface area contributed by atoms with Gasteiger partial charge in [-0.1, -0.05) is 6.42 Å². The minimum absolute atomic E-state index is 0.0252. The van der Waals surface area contributed by atoms with Gasteiger partial charge in [-0.05, 0) is 68.8 Å². The van der Waals surface area contributed by atoms with E-state index in [-0.39, 0.29) is 18.1 Å². The van der Waals surface area contributed by atoms with E-state index in [1.54, 1.807) is 37.4 Å². The number of benzene rings is 1. The number of aromatic nitrogens is 2. The summed E-state index contributed by atoms with van der Waals surface area (Å²) >= 11 is 0. The highest BCUT2D eigenvalue weighted by atomic mass is 16.5. The number of carbonyl (C=O) groups excluding carboxylic acids is 2. The van der Waals surface area contributed by atoms with Crippen LogP contribution in [0.2, 0.25) is 0 Å². The van der Waals surface area contributed by atoms with E-state index in [0.717, 1.165) is 48.4 Å². The Labute approximate surface area is 212 Å². The van der Waals surface area contributed by atoms with Gasteiger partial charge in [-0.15, -0.1) is 0 Å². The van der Waals surface area contributed by atoms with Gasteiger partial charge in [0, 0.05) is 38.3 Å². The molecule has 0 saturated carbocycles. The summed E-state index contributed by atoms with van der Waals surface area (Å²) in [6.07, 6.45) is 5.36. The molecule has 1 aliphatic heterocycles. The Bertz CT molecular complexity index is 1280. The normalized spacial score (nSPS) is 14.1. The number of likely N-dealkylation sites (tertiary alicyclic amines) is 1. The maximum Gasteiger partial charge on any atom is 0.226 e. The predicted octanol–water partition coefficient (Wildman–Crippen LogP) is 3.52. The van der Waals surface area contributed by atoms with Crippen LogP contribution >= 0.6 is 0 Å². The SMILES string of the molecule is COCCN(C)C(=O)Cc1cnc2c(C(=O)CN3CCCCC3)c(C)n(-c3ccc(C#N)cc3)c2c1. The number of hydrogen-bond acceptors (Lipinski definition) is 6. The van der Waals surface area contributed by atoms with E-state index in [1.165, 1.54) is 6.42 Å². The number of methoxy groups -OCH3 is 1. The van der Waals surface area contributed by atoms with E-state index < -0.39 is 0 Å². The summed E-state index contributed by atoms with van der Waals surface area (Å²) in [5.74, 6) is 0.0326. The van der Waals surface area contributed by atoms with Gasteiger partial charge in [-0.2, -0.15) is 5.26 Å². The van der Waals surface area contributed by atoms with Gasteiger partial charge < -0.3 is 14.2 Å². The zero-order valence-corrected chi connectivity index (χ0v) is 21.3. The van der Waals surface area contributed by atoms with Gasteiger partial charge in [0.25, 0.3) is 0 Å². The van der Waals surface area contributed by atoms with Gasteiger partial charge in [0.1, 0.15) is 0 Å². The molecule has 1 saturated heterocycles. The Morgan fingerprint density at radius 2 is 1.89 bits per heavy atom. The molecule has 1 aromatic carbocycles. The highest BCUT2D eigenvalue weighted by Crippen LogP contribution is 2.30. The second-order valence-corrected chi connectivity index (χ2v) is 9.41. The molecule has 8 heteroatoms. The van der Waals surface area contributed by atoms with E-state index in [1.807, 2.05) is 29.7 Å². The minimum Gasteiger partial charge on any atom is -0.383 e. The first-order valence-electron chi connectivity index (χ1n) is 12.4. The molecule has 3 aromatic rings. The zero-order chi connectivity index (χ0) is 25.7. The van der Waals surface area contributed by atoms with Crippen LogP contribution in [0.1, 0.15) is 46.4 Å². The van der Waals surface area contributed by atoms with Crippen molar-refractivity contribution in [3.63, 3.8) is 0 Å². The third kappa shape index (κ3) is 5.48. The molecule has 3 heterocycles. The molecule has 36 heavy (non-hydrogen) atoms. The van der Waals surface area contributed by atoms with Crippen LogP contribution < -0.4 is 0 Å². The van der Waals surface area contributed by atoms with Crippen molar-refractivity contribution in [3.05, 3.63) is 58.9 Å². The molecule has 0 N–H and O–H groups in total. The quantitative estimate of drug-likeness (QED) is 0.429. The number of nitrogens with zero attached hydrogens (tertiary/aromatic N) is 5. The van der Waals surface area contributed by atoms with Crippen LogP contribution in [0, 0.1) is 18.3 Å². The van der Waals surface area contributed by atoms with E-state index in [2.05, 4.69) is 11.0 Å². The largest absolute Gasteiger partial charge is 0.383 e. The fourth-order valence-corrected chi connectivity index (χ4v) is 4.83. The number of piperidine rings is 1. The van der Waals surface area contributed by atoms with Crippen molar-refractivity contribution in [2.24, 2.45) is 0 Å². The standard InChI is InChI=1S/C28H33N5O3/c1-20-27(25(34)19-32-11-5-4-6-12-32)28-24(33(20)23-9-7-21(17-29)8-10-23)15-22(18-30-28)16-26(35)31(2)13-14-36-3/h7-10,15,18H,4-6,11-14,16,19H2,1-3H3. The number of fused-ring (bicyclic) bond motifs is 1. The smallest absolute Gasteiger partial charge is 0.226 e. The van der Waals surface area contributed by atoms with Crippen LogP contribution in [-0.2, 0) is 16.0 Å². The molecular formula is C28H33N5O3. The highest BCUT2D eigenvalue weighted by Gasteiger charge is 2.25. The van der Waals surface area contributed by atoms with E-state index >= 15 is 0 Å². The van der Waals surface area contributed by atoms with Gasteiger partial charge in [0.05, 0.1) is 47.8 Å². The van der Waals surface area contributed by atoms with Gasteiger partial charge in [-0.25, -0.2) is 0 Å². The number of ketones is 1. The average Bonchev–Trinajstić information content (AvgIpc) is 3.18. The lowest BCUT2D eigenvalue weighted by molar-refractivity contribution is -0.129. The first-order valence-corrected chi connectivity index (χ1v) is 12.4. The summed E-state index contributed by atoms with van der Waals surface area (Å²) in [5, 5.41) is 9.22. The van der Waals surface area contributed by atoms with Crippen molar-refractivity contribution in [2.45, 2.75) is 32.6 Å². The maximum absolute atomic E-state index is 13.5. The Morgan fingerprint density at radius 3 is 2.56 bits per heavy atom. The molecule has 188 valence electrons. The molecule has 1 fully saturated rings. The molecule has 0 unspecified atom stereocenters. The van der Waals surface area contributed by atoms with Crippen LogP contribution in [0.3, 0.4) is 0 Å². The van der Waals surface area contributed by atoms with Crippen LogP contribution in [0.4, 0.5) is 0 Å². The Morgan fingerprint density at radius 1 is 1.17 bits per heavy atom. The number of nitriles is 1. The third-order valence-electron chi connectivity index (χ3n) is 6.86. The fraction of sp³-hybridized carbons (Fsp3) is 0.429. The summed E-state index contributed by atoms with van der Waals surface area (Å²) in [5.41, 5.74) is 5.04. The van der Waals surface area contributed by atoms with Gasteiger partial charge in [0.2, 0.25) is 5.91 Å². The summed E-state index contributed by atoms with van der Waals surface area (Å²) in [7, 11) is 3.37. The zero-order valence-electron chi connectivity index (χ0n) is 21.3. The van der Waals surface area contributed by atoms with Crippen molar-refractivity contribution < 1.29 is 14.3 Å². The lowest BCUT2D eigenvalue weighted by Gasteiger charge is -2.25. The third-order valence-corrected chi connectivity index (χ3v) is 6.86. The second kappa shape index (κ2) is 11.5. The molecular weight excluding hydrogens is 454 g/mol. The van der Waals surface area contributed by atoms with E-state index in [4.69, 9.17) is 9.72 Å². The van der Waals surface area contributed by atoms with Crippen LogP contribution in [0.25, 0.3) is 16.7 Å². The molecule has 2 aromatic heterocycles. The molecule has 0 aliphatic carbocycles. The maximum atomic E-state index is 13.5. The second-order valence-electron chi connectivity index (χ2n) is 9.41. The van der Waals surface area contributed by atoms with Gasteiger partial charge in [0.15, 0.2) is 5.78 Å². The number of pyridine rings is 1. The molecule has 0 atom stereocenters. The van der Waals surface area contributed by atoms with Crippen molar-refractivity contribution in [1.82, 2.24) is 19.4 Å². The first-order chi connectivity index (χ1) is 17.4. The topological polar surface area (TPSA) is 91.5 Å². The van der Waals surface area contributed by atoms with Crippen molar-refractivity contribution >= 4 is 22.7 Å². The Kier molecular flexibility index (Phi) is 8.14.